The van der Waals surface area contributed by atoms with Gasteiger partial charge in [0.1, 0.15) is 0 Å². The minimum Gasteiger partial charge on any atom is -0.298 e. The molecule has 4 heteroatoms. The van der Waals surface area contributed by atoms with Crippen LogP contribution < -0.4 is 0 Å². The SMILES string of the molecule is O=Cc1ccc(C=O)c(Cl)c1F. The molecule has 12 heavy (non-hydrogen) atoms. The van der Waals surface area contributed by atoms with Gasteiger partial charge in [0, 0.05) is 5.56 Å². The van der Waals surface area contributed by atoms with Gasteiger partial charge in [-0.1, -0.05) is 11.6 Å². The summed E-state index contributed by atoms with van der Waals surface area (Å²) in [4.78, 5) is 20.4. The Morgan fingerprint density at radius 2 is 1.67 bits per heavy atom. The summed E-state index contributed by atoms with van der Waals surface area (Å²) in [6.45, 7) is 0. The molecule has 0 fully saturated rings. The molecular weight excluding hydrogens is 183 g/mol. The maximum Gasteiger partial charge on any atom is 0.153 e. The molecule has 1 rings (SSSR count). The van der Waals surface area contributed by atoms with Gasteiger partial charge in [0.25, 0.3) is 0 Å². The Bertz CT molecular complexity index is 303. The fourth-order valence-electron chi connectivity index (χ4n) is 0.761. The van der Waals surface area contributed by atoms with Crippen molar-refractivity contribution in [1.29, 1.82) is 0 Å². The second-order valence-electron chi connectivity index (χ2n) is 2.11. The van der Waals surface area contributed by atoms with Gasteiger partial charge >= 0.3 is 0 Å². The van der Waals surface area contributed by atoms with Crippen LogP contribution in [0, 0.1) is 5.82 Å². The highest BCUT2D eigenvalue weighted by molar-refractivity contribution is 6.33. The monoisotopic (exact) mass is 186 g/mol. The third-order valence-corrected chi connectivity index (χ3v) is 1.78. The molecule has 62 valence electrons. The van der Waals surface area contributed by atoms with E-state index in [1.807, 2.05) is 0 Å². The van der Waals surface area contributed by atoms with Gasteiger partial charge in [-0.3, -0.25) is 9.59 Å². The van der Waals surface area contributed by atoms with E-state index in [9.17, 15) is 14.0 Å². The number of carbonyl (C=O) groups is 2. The first kappa shape index (κ1) is 8.87. The molecule has 0 bridgehead atoms. The molecule has 1 aromatic rings. The van der Waals surface area contributed by atoms with E-state index < -0.39 is 5.82 Å². The summed E-state index contributed by atoms with van der Waals surface area (Å²) in [5.74, 6) is -0.851. The van der Waals surface area contributed by atoms with Crippen molar-refractivity contribution in [3.05, 3.63) is 34.1 Å². The van der Waals surface area contributed by atoms with Crippen LogP contribution in [0.25, 0.3) is 0 Å². The van der Waals surface area contributed by atoms with Crippen LogP contribution >= 0.6 is 11.6 Å². The summed E-state index contributed by atoms with van der Waals surface area (Å²) in [5.41, 5.74) is -0.106. The van der Waals surface area contributed by atoms with E-state index in [0.29, 0.717) is 12.6 Å². The van der Waals surface area contributed by atoms with Crippen molar-refractivity contribution in [2.75, 3.05) is 0 Å². The van der Waals surface area contributed by atoms with Crippen molar-refractivity contribution in [3.63, 3.8) is 0 Å². The van der Waals surface area contributed by atoms with Crippen LogP contribution in [-0.4, -0.2) is 12.6 Å². The van der Waals surface area contributed by atoms with E-state index >= 15 is 0 Å². The molecule has 0 N–H and O–H groups in total. The number of hydrogen-bond acceptors (Lipinski definition) is 2. The van der Waals surface area contributed by atoms with Gasteiger partial charge in [0.2, 0.25) is 0 Å². The predicted octanol–water partition coefficient (Wildman–Crippen LogP) is 2.10. The number of aldehydes is 2. The third kappa shape index (κ3) is 1.36. The van der Waals surface area contributed by atoms with E-state index in [-0.39, 0.29) is 16.1 Å². The molecule has 0 heterocycles. The first-order chi connectivity index (χ1) is 5.70. The first-order valence-electron chi connectivity index (χ1n) is 3.09. The molecule has 0 aliphatic rings. The van der Waals surface area contributed by atoms with Crippen molar-refractivity contribution in [2.24, 2.45) is 0 Å². The van der Waals surface area contributed by atoms with Crippen LogP contribution in [0.1, 0.15) is 20.7 Å². The zero-order valence-corrected chi connectivity index (χ0v) is 6.64. The maximum absolute atomic E-state index is 12.9. The van der Waals surface area contributed by atoms with Crippen LogP contribution in [-0.2, 0) is 0 Å². The molecule has 2 nitrogen and oxygen atoms in total. The van der Waals surface area contributed by atoms with Crippen LogP contribution in [0.2, 0.25) is 5.02 Å². The second kappa shape index (κ2) is 3.45. The van der Waals surface area contributed by atoms with Crippen LogP contribution in [0.5, 0.6) is 0 Å². The Balaban J connectivity index is 3.38. The molecule has 0 unspecified atom stereocenters. The Kier molecular flexibility index (Phi) is 2.55. The Morgan fingerprint density at radius 3 is 2.17 bits per heavy atom. The first-order valence-corrected chi connectivity index (χ1v) is 3.47. The molecule has 0 aliphatic carbocycles. The van der Waals surface area contributed by atoms with Gasteiger partial charge in [0.05, 0.1) is 10.6 Å². The summed E-state index contributed by atoms with van der Waals surface area (Å²) in [5, 5.41) is -0.311. The molecule has 0 spiro atoms. The Labute approximate surface area is 73.0 Å². The van der Waals surface area contributed by atoms with Crippen molar-refractivity contribution in [2.45, 2.75) is 0 Å². The quantitative estimate of drug-likeness (QED) is 0.663. The molecule has 0 aromatic heterocycles. The number of benzene rings is 1. The van der Waals surface area contributed by atoms with Gasteiger partial charge in [-0.25, -0.2) is 4.39 Å². The topological polar surface area (TPSA) is 34.1 Å². The van der Waals surface area contributed by atoms with Gasteiger partial charge in [0.15, 0.2) is 18.4 Å². The molecule has 0 saturated carbocycles. The number of rotatable bonds is 2. The highest BCUT2D eigenvalue weighted by Gasteiger charge is 2.09. The average molecular weight is 187 g/mol. The molecule has 1 aromatic carbocycles. The van der Waals surface area contributed by atoms with Gasteiger partial charge in [-0.05, 0) is 12.1 Å². The smallest absolute Gasteiger partial charge is 0.153 e. The fourth-order valence-corrected chi connectivity index (χ4v) is 0.978. The van der Waals surface area contributed by atoms with Crippen molar-refractivity contribution in [3.8, 4) is 0 Å². The molecular formula is C8H4ClFO2. The molecule has 0 radical (unpaired) electrons. The second-order valence-corrected chi connectivity index (χ2v) is 2.49. The standard InChI is InChI=1S/C8H4ClFO2/c9-7-5(3-11)1-2-6(4-12)8(7)10/h1-4H. The van der Waals surface area contributed by atoms with Gasteiger partial charge < -0.3 is 0 Å². The zero-order valence-electron chi connectivity index (χ0n) is 5.88. The number of carbonyl (C=O) groups excluding carboxylic acids is 2. The summed E-state index contributed by atoms with van der Waals surface area (Å²) < 4.78 is 12.9. The zero-order chi connectivity index (χ0) is 9.14. The van der Waals surface area contributed by atoms with Crippen molar-refractivity contribution < 1.29 is 14.0 Å². The predicted molar refractivity (Wildman–Crippen MR) is 42.2 cm³/mol. The summed E-state index contributed by atoms with van der Waals surface area (Å²) >= 11 is 5.41. The Hall–Kier alpha value is -1.22. The van der Waals surface area contributed by atoms with E-state index in [1.165, 1.54) is 12.1 Å². The van der Waals surface area contributed by atoms with Crippen LogP contribution in [0.15, 0.2) is 12.1 Å². The minimum atomic E-state index is -0.851. The van der Waals surface area contributed by atoms with Crippen LogP contribution in [0.3, 0.4) is 0 Å². The van der Waals surface area contributed by atoms with Gasteiger partial charge in [-0.15, -0.1) is 0 Å². The lowest BCUT2D eigenvalue weighted by Crippen LogP contribution is -1.92. The van der Waals surface area contributed by atoms with Gasteiger partial charge in [-0.2, -0.15) is 0 Å². The summed E-state index contributed by atoms with van der Waals surface area (Å²) in [7, 11) is 0. The molecule has 0 aliphatic heterocycles. The number of halogens is 2. The largest absolute Gasteiger partial charge is 0.298 e. The lowest BCUT2D eigenvalue weighted by molar-refractivity contribution is 0.111. The lowest BCUT2D eigenvalue weighted by Gasteiger charge is -1.99. The minimum absolute atomic E-state index is 0.0415. The van der Waals surface area contributed by atoms with Crippen molar-refractivity contribution in [1.82, 2.24) is 0 Å². The third-order valence-electron chi connectivity index (χ3n) is 1.40. The summed E-state index contributed by atoms with van der Waals surface area (Å²) in [6, 6.07) is 2.50. The average Bonchev–Trinajstić information content (AvgIpc) is 2.10. The molecule has 0 atom stereocenters. The lowest BCUT2D eigenvalue weighted by atomic mass is 10.1. The highest BCUT2D eigenvalue weighted by Crippen LogP contribution is 2.20. The van der Waals surface area contributed by atoms with E-state index in [0.717, 1.165) is 0 Å². The fraction of sp³-hybridized carbons (Fsp3) is 0. The van der Waals surface area contributed by atoms with E-state index in [1.54, 1.807) is 0 Å². The normalized spacial score (nSPS) is 9.50. The number of hydrogen-bond donors (Lipinski definition) is 0. The van der Waals surface area contributed by atoms with Crippen molar-refractivity contribution >= 4 is 24.2 Å². The van der Waals surface area contributed by atoms with E-state index in [4.69, 9.17) is 11.6 Å². The van der Waals surface area contributed by atoms with E-state index in [2.05, 4.69) is 0 Å². The maximum atomic E-state index is 12.9. The molecule has 0 saturated heterocycles. The molecule has 0 amide bonds. The summed E-state index contributed by atoms with van der Waals surface area (Å²) in [6.07, 6.45) is 0.774. The Morgan fingerprint density at radius 1 is 1.17 bits per heavy atom. The van der Waals surface area contributed by atoms with Crippen LogP contribution in [0.4, 0.5) is 4.39 Å². The highest BCUT2D eigenvalue weighted by atomic mass is 35.5.